The Hall–Kier alpha value is -2.10. The molecule has 4 nitrogen and oxygen atoms in total. The summed E-state index contributed by atoms with van der Waals surface area (Å²) in [5, 5.41) is 9.44. The third kappa shape index (κ3) is 2.70. The van der Waals surface area contributed by atoms with Gasteiger partial charge < -0.3 is 5.32 Å². The predicted octanol–water partition coefficient (Wildman–Crippen LogP) is 1.90. The molecule has 0 aliphatic carbocycles. The Morgan fingerprint density at radius 1 is 1.38 bits per heavy atom. The van der Waals surface area contributed by atoms with E-state index in [1.807, 2.05) is 37.3 Å². The van der Waals surface area contributed by atoms with E-state index < -0.39 is 0 Å². The summed E-state index contributed by atoms with van der Waals surface area (Å²) in [6.07, 6.45) is 0.368. The zero-order chi connectivity index (χ0) is 11.4. The number of rotatable bonds is 3. The van der Waals surface area contributed by atoms with E-state index in [1.165, 1.54) is 0 Å². The average molecular weight is 215 g/mol. The van der Waals surface area contributed by atoms with Crippen LogP contribution < -0.4 is 5.32 Å². The van der Waals surface area contributed by atoms with Crippen molar-refractivity contribution in [2.75, 3.05) is 5.32 Å². The van der Waals surface area contributed by atoms with Gasteiger partial charge in [0.15, 0.2) is 5.82 Å². The molecule has 0 atom stereocenters. The van der Waals surface area contributed by atoms with E-state index >= 15 is 0 Å². The van der Waals surface area contributed by atoms with E-state index in [9.17, 15) is 4.79 Å². The lowest BCUT2D eigenvalue weighted by Gasteiger charge is -2.01. The fourth-order valence-corrected chi connectivity index (χ4v) is 1.45. The maximum Gasteiger partial charge on any atom is 0.229 e. The molecule has 16 heavy (non-hydrogen) atoms. The highest BCUT2D eigenvalue weighted by Gasteiger charge is 2.05. The summed E-state index contributed by atoms with van der Waals surface area (Å²) in [5.41, 5.74) is 1.92. The fraction of sp³-hybridized carbons (Fsp3) is 0.167. The number of H-pyrrole nitrogens is 1. The Morgan fingerprint density at radius 3 is 2.75 bits per heavy atom. The number of benzene rings is 1. The van der Waals surface area contributed by atoms with Crippen molar-refractivity contribution in [1.82, 2.24) is 10.2 Å². The molecule has 0 saturated heterocycles. The highest BCUT2D eigenvalue weighted by Crippen LogP contribution is 2.05. The summed E-state index contributed by atoms with van der Waals surface area (Å²) in [6, 6.07) is 11.4. The van der Waals surface area contributed by atoms with Crippen LogP contribution in [0.25, 0.3) is 0 Å². The zero-order valence-electron chi connectivity index (χ0n) is 9.03. The number of hydrogen-bond donors (Lipinski definition) is 2. The quantitative estimate of drug-likeness (QED) is 0.821. The molecule has 0 aliphatic heterocycles. The van der Waals surface area contributed by atoms with Crippen molar-refractivity contribution in [2.45, 2.75) is 13.3 Å². The van der Waals surface area contributed by atoms with E-state index in [0.717, 1.165) is 11.3 Å². The lowest BCUT2D eigenvalue weighted by atomic mass is 10.1. The second-order valence-electron chi connectivity index (χ2n) is 3.65. The summed E-state index contributed by atoms with van der Waals surface area (Å²) in [6.45, 7) is 1.89. The predicted molar refractivity (Wildman–Crippen MR) is 62.1 cm³/mol. The first-order chi connectivity index (χ1) is 7.74. The maximum absolute atomic E-state index is 11.6. The Kier molecular flexibility index (Phi) is 3.00. The van der Waals surface area contributed by atoms with Crippen LogP contribution in [0.4, 0.5) is 5.82 Å². The lowest BCUT2D eigenvalue weighted by molar-refractivity contribution is -0.115. The molecule has 0 spiro atoms. The van der Waals surface area contributed by atoms with Gasteiger partial charge in [0.25, 0.3) is 0 Å². The largest absolute Gasteiger partial charge is 0.309 e. The van der Waals surface area contributed by atoms with Crippen LogP contribution in [0.15, 0.2) is 36.4 Å². The number of carbonyl (C=O) groups excluding carboxylic acids is 1. The molecular weight excluding hydrogens is 202 g/mol. The molecule has 1 heterocycles. The molecule has 1 amide bonds. The number of hydrogen-bond acceptors (Lipinski definition) is 2. The van der Waals surface area contributed by atoms with Crippen LogP contribution in [-0.2, 0) is 11.2 Å². The van der Waals surface area contributed by atoms with Gasteiger partial charge in [-0.3, -0.25) is 9.89 Å². The van der Waals surface area contributed by atoms with Gasteiger partial charge in [-0.15, -0.1) is 0 Å². The molecule has 0 unspecified atom stereocenters. The van der Waals surface area contributed by atoms with Crippen LogP contribution >= 0.6 is 0 Å². The molecular formula is C12H13N3O. The molecule has 0 saturated carbocycles. The smallest absolute Gasteiger partial charge is 0.229 e. The first-order valence-electron chi connectivity index (χ1n) is 5.10. The topological polar surface area (TPSA) is 57.8 Å². The van der Waals surface area contributed by atoms with Gasteiger partial charge in [0.05, 0.1) is 6.42 Å². The van der Waals surface area contributed by atoms with E-state index in [-0.39, 0.29) is 5.91 Å². The third-order valence-electron chi connectivity index (χ3n) is 2.18. The first-order valence-corrected chi connectivity index (χ1v) is 5.10. The first kappa shape index (κ1) is 10.4. The summed E-state index contributed by atoms with van der Waals surface area (Å²) >= 11 is 0. The number of amides is 1. The lowest BCUT2D eigenvalue weighted by Crippen LogP contribution is -2.14. The summed E-state index contributed by atoms with van der Waals surface area (Å²) in [7, 11) is 0. The molecule has 0 bridgehead atoms. The number of anilines is 1. The standard InChI is InChI=1S/C12H13N3O/c1-9-7-11(15-14-9)13-12(16)8-10-5-3-2-4-6-10/h2-7H,8H2,1H3,(H2,13,14,15,16). The molecule has 2 N–H and O–H groups in total. The number of aromatic amines is 1. The molecule has 2 rings (SSSR count). The second kappa shape index (κ2) is 4.61. The minimum atomic E-state index is -0.0577. The van der Waals surface area contributed by atoms with Crippen molar-refractivity contribution < 1.29 is 4.79 Å². The Labute approximate surface area is 93.7 Å². The Balaban J connectivity index is 1.95. The Morgan fingerprint density at radius 2 is 2.12 bits per heavy atom. The van der Waals surface area contributed by atoms with Crippen molar-refractivity contribution in [3.8, 4) is 0 Å². The minimum Gasteiger partial charge on any atom is -0.309 e. The number of aromatic nitrogens is 2. The molecule has 82 valence electrons. The van der Waals surface area contributed by atoms with Crippen molar-refractivity contribution in [2.24, 2.45) is 0 Å². The molecule has 4 heteroatoms. The number of nitrogens with one attached hydrogen (secondary N) is 2. The molecule has 0 aliphatic rings. The average Bonchev–Trinajstić information content (AvgIpc) is 2.65. The minimum absolute atomic E-state index is 0.0577. The van der Waals surface area contributed by atoms with Crippen LogP contribution in [0.5, 0.6) is 0 Å². The second-order valence-corrected chi connectivity index (χ2v) is 3.65. The van der Waals surface area contributed by atoms with Crippen molar-refractivity contribution in [3.63, 3.8) is 0 Å². The monoisotopic (exact) mass is 215 g/mol. The van der Waals surface area contributed by atoms with Gasteiger partial charge in [0, 0.05) is 11.8 Å². The molecule has 2 aromatic rings. The molecule has 0 radical (unpaired) electrons. The summed E-state index contributed by atoms with van der Waals surface area (Å²) < 4.78 is 0. The van der Waals surface area contributed by atoms with Gasteiger partial charge in [-0.25, -0.2) is 0 Å². The van der Waals surface area contributed by atoms with Gasteiger partial charge in [0.2, 0.25) is 5.91 Å². The van der Waals surface area contributed by atoms with Gasteiger partial charge in [0.1, 0.15) is 0 Å². The van der Waals surface area contributed by atoms with E-state index in [1.54, 1.807) is 6.07 Å². The normalized spacial score (nSPS) is 10.1. The number of carbonyl (C=O) groups is 1. The van der Waals surface area contributed by atoms with Gasteiger partial charge in [-0.05, 0) is 12.5 Å². The number of nitrogens with zero attached hydrogens (tertiary/aromatic N) is 1. The van der Waals surface area contributed by atoms with Gasteiger partial charge >= 0.3 is 0 Å². The van der Waals surface area contributed by atoms with E-state index in [2.05, 4.69) is 15.5 Å². The Bertz CT molecular complexity index is 476. The zero-order valence-corrected chi connectivity index (χ0v) is 9.03. The third-order valence-corrected chi connectivity index (χ3v) is 2.18. The fourth-order valence-electron chi connectivity index (χ4n) is 1.45. The van der Waals surface area contributed by atoms with Crippen LogP contribution in [-0.4, -0.2) is 16.1 Å². The maximum atomic E-state index is 11.6. The highest BCUT2D eigenvalue weighted by atomic mass is 16.1. The molecule has 1 aromatic carbocycles. The van der Waals surface area contributed by atoms with Crippen molar-refractivity contribution in [3.05, 3.63) is 47.7 Å². The van der Waals surface area contributed by atoms with Crippen LogP contribution in [0.2, 0.25) is 0 Å². The van der Waals surface area contributed by atoms with Crippen molar-refractivity contribution in [1.29, 1.82) is 0 Å². The van der Waals surface area contributed by atoms with Gasteiger partial charge in [-0.1, -0.05) is 30.3 Å². The van der Waals surface area contributed by atoms with Crippen LogP contribution in [0.3, 0.4) is 0 Å². The molecule has 1 aromatic heterocycles. The number of aryl methyl sites for hydroxylation is 1. The summed E-state index contributed by atoms with van der Waals surface area (Å²) in [5.74, 6) is 0.510. The van der Waals surface area contributed by atoms with E-state index in [0.29, 0.717) is 12.2 Å². The summed E-state index contributed by atoms with van der Waals surface area (Å²) in [4.78, 5) is 11.6. The van der Waals surface area contributed by atoms with Crippen LogP contribution in [0.1, 0.15) is 11.3 Å². The molecule has 0 fully saturated rings. The van der Waals surface area contributed by atoms with Gasteiger partial charge in [-0.2, -0.15) is 5.10 Å². The highest BCUT2D eigenvalue weighted by molar-refractivity contribution is 5.91. The SMILES string of the molecule is Cc1cc(NC(=O)Cc2ccccc2)n[nH]1. The van der Waals surface area contributed by atoms with Crippen molar-refractivity contribution >= 4 is 11.7 Å². The van der Waals surface area contributed by atoms with Crippen LogP contribution in [0, 0.1) is 6.92 Å². The van der Waals surface area contributed by atoms with E-state index in [4.69, 9.17) is 0 Å².